The van der Waals surface area contributed by atoms with Crippen molar-refractivity contribution in [2.45, 2.75) is 156 Å². The lowest BCUT2D eigenvalue weighted by Gasteiger charge is -2.14. The number of ether oxygens (including phenoxy) is 3. The Balaban J connectivity index is 2.06. The Labute approximate surface area is 256 Å². The molecule has 0 radical (unpaired) electrons. The minimum absolute atomic E-state index is 0.0919. The second-order valence-electron chi connectivity index (χ2n) is 11.7. The van der Waals surface area contributed by atoms with E-state index in [-0.39, 0.29) is 24.3 Å². The largest absolute Gasteiger partial charge is 0.466 e. The van der Waals surface area contributed by atoms with Gasteiger partial charge in [-0.05, 0) is 49.3 Å². The summed E-state index contributed by atoms with van der Waals surface area (Å²) >= 11 is 0. The third-order valence-corrected chi connectivity index (χ3v) is 7.86. The summed E-state index contributed by atoms with van der Waals surface area (Å²) in [5, 5.41) is 0. The van der Waals surface area contributed by atoms with Gasteiger partial charge in [-0.3, -0.25) is 14.4 Å². The normalized spacial score (nSPS) is 11.7. The second kappa shape index (κ2) is 26.3. The maximum atomic E-state index is 12.2. The van der Waals surface area contributed by atoms with Crippen molar-refractivity contribution in [3.63, 3.8) is 0 Å². The van der Waals surface area contributed by atoms with E-state index in [0.29, 0.717) is 37.7 Å². The zero-order valence-electron chi connectivity index (χ0n) is 27.1. The first-order valence-corrected chi connectivity index (χ1v) is 17.1. The van der Waals surface area contributed by atoms with Crippen LogP contribution in [0.2, 0.25) is 0 Å². The van der Waals surface area contributed by atoms with Gasteiger partial charge in [-0.15, -0.1) is 0 Å². The number of unbranched alkanes of at least 4 members (excludes halogenated alkanes) is 12. The van der Waals surface area contributed by atoms with Gasteiger partial charge in [-0.25, -0.2) is 0 Å². The lowest BCUT2D eigenvalue weighted by molar-refractivity contribution is -0.144. The topological polar surface area (TPSA) is 78.9 Å². The summed E-state index contributed by atoms with van der Waals surface area (Å²) in [6, 6.07) is 7.08. The number of rotatable bonds is 27. The molecule has 0 bridgehead atoms. The van der Waals surface area contributed by atoms with E-state index in [1.807, 2.05) is 12.1 Å². The number of esters is 3. The Hall–Kier alpha value is -2.37. The van der Waals surface area contributed by atoms with Crippen LogP contribution in [0.4, 0.5) is 0 Å². The molecular weight excluding hydrogens is 528 g/mol. The third-order valence-electron chi connectivity index (χ3n) is 7.86. The van der Waals surface area contributed by atoms with Gasteiger partial charge in [0.1, 0.15) is 5.75 Å². The van der Waals surface area contributed by atoms with Crippen LogP contribution in [0.25, 0.3) is 0 Å². The van der Waals surface area contributed by atoms with Gasteiger partial charge in [0.15, 0.2) is 0 Å². The van der Waals surface area contributed by atoms with E-state index >= 15 is 0 Å². The maximum Gasteiger partial charge on any atom is 0.311 e. The molecule has 1 rings (SSSR count). The molecule has 0 aliphatic carbocycles. The second-order valence-corrected chi connectivity index (χ2v) is 11.7. The minimum Gasteiger partial charge on any atom is -0.466 e. The van der Waals surface area contributed by atoms with Crippen molar-refractivity contribution < 1.29 is 28.6 Å². The van der Waals surface area contributed by atoms with Crippen molar-refractivity contribution in [3.05, 3.63) is 29.8 Å². The molecule has 240 valence electrons. The Bertz CT molecular complexity index is 819. The van der Waals surface area contributed by atoms with E-state index in [2.05, 4.69) is 20.8 Å². The van der Waals surface area contributed by atoms with Gasteiger partial charge >= 0.3 is 17.9 Å². The van der Waals surface area contributed by atoms with E-state index in [1.165, 1.54) is 57.8 Å². The fourth-order valence-electron chi connectivity index (χ4n) is 5.04. The van der Waals surface area contributed by atoms with Gasteiger partial charge in [-0.2, -0.15) is 0 Å². The van der Waals surface area contributed by atoms with Crippen molar-refractivity contribution >= 4 is 17.9 Å². The zero-order chi connectivity index (χ0) is 30.7. The average molecular weight is 589 g/mol. The van der Waals surface area contributed by atoms with Crippen LogP contribution in [0, 0.1) is 5.92 Å². The van der Waals surface area contributed by atoms with Crippen LogP contribution in [-0.2, 0) is 30.3 Å². The van der Waals surface area contributed by atoms with Gasteiger partial charge in [-0.1, -0.05) is 123 Å². The molecule has 1 aromatic carbocycles. The first-order chi connectivity index (χ1) is 20.5. The third kappa shape index (κ3) is 21.4. The van der Waals surface area contributed by atoms with E-state index in [9.17, 15) is 14.4 Å². The highest BCUT2D eigenvalue weighted by molar-refractivity contribution is 5.73. The van der Waals surface area contributed by atoms with Crippen molar-refractivity contribution in [2.24, 2.45) is 5.92 Å². The highest BCUT2D eigenvalue weighted by Gasteiger charge is 2.11. The smallest absolute Gasteiger partial charge is 0.311 e. The molecule has 0 heterocycles. The maximum absolute atomic E-state index is 12.2. The Morgan fingerprint density at radius 2 is 1.12 bits per heavy atom. The predicted octanol–water partition coefficient (Wildman–Crippen LogP) is 9.70. The van der Waals surface area contributed by atoms with Crippen molar-refractivity contribution in [3.8, 4) is 5.75 Å². The molecule has 0 aliphatic heterocycles. The van der Waals surface area contributed by atoms with Crippen molar-refractivity contribution in [2.75, 3.05) is 13.2 Å². The standard InChI is InChI=1S/C36H60O6/c1-4-7-9-10-11-15-19-28-40-34(37)21-17-13-12-14-18-22-35(38)42-33-25-23-32(24-26-33)30-36(39)41-29-27-31(6-3)20-16-8-5-2/h23-26,31H,4-22,27-30H2,1-3H3. The molecule has 1 aromatic rings. The number of carbonyl (C=O) groups is 3. The molecule has 0 saturated heterocycles. The molecule has 0 saturated carbocycles. The number of hydrogen-bond donors (Lipinski definition) is 0. The van der Waals surface area contributed by atoms with Gasteiger partial charge in [0.2, 0.25) is 0 Å². The average Bonchev–Trinajstić information content (AvgIpc) is 2.98. The van der Waals surface area contributed by atoms with Crippen LogP contribution in [0.5, 0.6) is 5.75 Å². The summed E-state index contributed by atoms with van der Waals surface area (Å²) in [6.45, 7) is 7.66. The van der Waals surface area contributed by atoms with Crippen LogP contribution in [0.1, 0.15) is 155 Å². The Morgan fingerprint density at radius 3 is 1.76 bits per heavy atom. The van der Waals surface area contributed by atoms with Crippen LogP contribution in [0.3, 0.4) is 0 Å². The summed E-state index contributed by atoms with van der Waals surface area (Å²) in [7, 11) is 0. The zero-order valence-corrected chi connectivity index (χ0v) is 27.1. The molecule has 0 aromatic heterocycles. The SMILES string of the molecule is CCCCCCCCCOC(=O)CCCCCCCC(=O)Oc1ccc(CC(=O)OCCC(CC)CCCCC)cc1. The van der Waals surface area contributed by atoms with Gasteiger partial charge in [0.25, 0.3) is 0 Å². The van der Waals surface area contributed by atoms with Crippen LogP contribution in [0.15, 0.2) is 24.3 Å². The minimum atomic E-state index is -0.250. The quantitative estimate of drug-likeness (QED) is 0.0578. The predicted molar refractivity (Wildman–Crippen MR) is 171 cm³/mol. The summed E-state index contributed by atoms with van der Waals surface area (Å²) in [6.07, 6.45) is 21.0. The molecule has 0 spiro atoms. The summed E-state index contributed by atoms with van der Waals surface area (Å²) in [5.41, 5.74) is 0.844. The molecule has 0 amide bonds. The number of carbonyl (C=O) groups excluding carboxylic acids is 3. The van der Waals surface area contributed by atoms with E-state index in [4.69, 9.17) is 14.2 Å². The van der Waals surface area contributed by atoms with Crippen LogP contribution >= 0.6 is 0 Å². The summed E-state index contributed by atoms with van der Waals surface area (Å²) in [4.78, 5) is 36.3. The molecule has 0 fully saturated rings. The molecule has 1 atom stereocenters. The molecule has 6 nitrogen and oxygen atoms in total. The molecule has 42 heavy (non-hydrogen) atoms. The van der Waals surface area contributed by atoms with Crippen LogP contribution in [-0.4, -0.2) is 31.1 Å². The van der Waals surface area contributed by atoms with Crippen molar-refractivity contribution in [1.82, 2.24) is 0 Å². The fourth-order valence-corrected chi connectivity index (χ4v) is 5.04. The summed E-state index contributed by atoms with van der Waals surface area (Å²) < 4.78 is 16.2. The highest BCUT2D eigenvalue weighted by atomic mass is 16.5. The number of hydrogen-bond acceptors (Lipinski definition) is 6. The lowest BCUT2D eigenvalue weighted by atomic mass is 9.96. The van der Waals surface area contributed by atoms with Crippen LogP contribution < -0.4 is 4.74 Å². The fraction of sp³-hybridized carbons (Fsp3) is 0.750. The number of benzene rings is 1. The van der Waals surface area contributed by atoms with E-state index in [1.54, 1.807) is 12.1 Å². The van der Waals surface area contributed by atoms with Gasteiger partial charge in [0, 0.05) is 12.8 Å². The first kappa shape index (κ1) is 37.7. The Morgan fingerprint density at radius 1 is 0.571 bits per heavy atom. The molecule has 1 unspecified atom stereocenters. The molecular formula is C36H60O6. The molecule has 0 aliphatic rings. The van der Waals surface area contributed by atoms with Gasteiger partial charge < -0.3 is 14.2 Å². The van der Waals surface area contributed by atoms with E-state index in [0.717, 1.165) is 63.4 Å². The van der Waals surface area contributed by atoms with Crippen molar-refractivity contribution in [1.29, 1.82) is 0 Å². The van der Waals surface area contributed by atoms with Gasteiger partial charge in [0.05, 0.1) is 19.6 Å². The monoisotopic (exact) mass is 588 g/mol. The van der Waals surface area contributed by atoms with E-state index < -0.39 is 0 Å². The first-order valence-electron chi connectivity index (χ1n) is 17.1. The lowest BCUT2D eigenvalue weighted by Crippen LogP contribution is -2.12. The Kier molecular flexibility index (Phi) is 23.6. The highest BCUT2D eigenvalue weighted by Crippen LogP contribution is 2.18. The summed E-state index contributed by atoms with van der Waals surface area (Å²) in [5.74, 6) is 0.554. The molecule has 0 N–H and O–H groups in total. The molecule has 6 heteroatoms.